The first kappa shape index (κ1) is 30.7. The van der Waals surface area contributed by atoms with Crippen molar-refractivity contribution in [1.82, 2.24) is 0 Å². The Labute approximate surface area is 71.7 Å². The van der Waals surface area contributed by atoms with E-state index in [0.717, 1.165) is 7.11 Å². The van der Waals surface area contributed by atoms with Crippen LogP contribution >= 0.6 is 0 Å². The molecule has 11 heavy (non-hydrogen) atoms. The van der Waals surface area contributed by atoms with Gasteiger partial charge >= 0.3 is 0 Å². The summed E-state index contributed by atoms with van der Waals surface area (Å²) in [4.78, 5) is 0. The van der Waals surface area contributed by atoms with E-state index in [1.807, 2.05) is 13.8 Å². The molecular weight excluding hydrogens is 144 g/mol. The summed E-state index contributed by atoms with van der Waals surface area (Å²) in [7, 11) is 1.00. The van der Waals surface area contributed by atoms with Crippen molar-refractivity contribution in [3.63, 3.8) is 0 Å². The molecule has 0 rings (SSSR count). The Morgan fingerprint density at radius 2 is 0.818 bits per heavy atom. The maximum atomic E-state index is 7.57. The Bertz CT molecular complexity index is 11.3. The Morgan fingerprint density at radius 3 is 0.818 bits per heavy atom. The minimum atomic E-state index is 0. The zero-order chi connectivity index (χ0) is 9.41. The molecule has 0 aromatic carbocycles. The summed E-state index contributed by atoms with van der Waals surface area (Å²) in [5.74, 6) is 0. The molecule has 0 aliphatic carbocycles. The van der Waals surface area contributed by atoms with Gasteiger partial charge in [0.25, 0.3) is 0 Å². The maximum absolute atomic E-state index is 7.57. The van der Waals surface area contributed by atoms with Crippen LogP contribution in [0.25, 0.3) is 0 Å². The Hall–Kier alpha value is -0.120. The predicted molar refractivity (Wildman–Crippen MR) is 51.7 cm³/mol. The minimum absolute atomic E-state index is 0. The third-order valence-corrected chi connectivity index (χ3v) is 0. The van der Waals surface area contributed by atoms with Crippen LogP contribution in [-0.4, -0.2) is 35.6 Å². The van der Waals surface area contributed by atoms with Gasteiger partial charge in [0.2, 0.25) is 0 Å². The van der Waals surface area contributed by atoms with E-state index < -0.39 is 0 Å². The summed E-state index contributed by atoms with van der Waals surface area (Å²) in [6, 6.07) is 0. The number of aliphatic hydroxyl groups is 3. The molecule has 0 aliphatic rings. The van der Waals surface area contributed by atoms with Crippen molar-refractivity contribution < 1.29 is 15.3 Å². The largest absolute Gasteiger partial charge is 0.400 e. The standard InChI is InChI=1S/2C2H6O.C2H6.CH4O.CH4/c2*1-2-3;2*1-2;/h2*3H,2H2,1H3;1-2H3;2H,1H3;1H4. The highest BCUT2D eigenvalue weighted by molar-refractivity contribution is 3.84. The molecule has 0 aromatic rings. The van der Waals surface area contributed by atoms with Gasteiger partial charge in [-0.25, -0.2) is 0 Å². The lowest BCUT2D eigenvalue weighted by molar-refractivity contribution is 0.318. The third-order valence-electron chi connectivity index (χ3n) is 0. The van der Waals surface area contributed by atoms with Crippen LogP contribution in [0.4, 0.5) is 0 Å². The molecule has 0 aromatic heterocycles. The fourth-order valence-corrected chi connectivity index (χ4v) is 0. The van der Waals surface area contributed by atoms with Gasteiger partial charge in [-0.2, -0.15) is 0 Å². The molecule has 3 heteroatoms. The van der Waals surface area contributed by atoms with Crippen molar-refractivity contribution in [1.29, 1.82) is 0 Å². The van der Waals surface area contributed by atoms with Gasteiger partial charge in [-0.3, -0.25) is 0 Å². The van der Waals surface area contributed by atoms with E-state index in [0.29, 0.717) is 0 Å². The smallest absolute Gasteiger partial charge is 0.0402 e. The zero-order valence-corrected chi connectivity index (χ0v) is 7.76. The van der Waals surface area contributed by atoms with E-state index in [1.165, 1.54) is 0 Å². The number of aliphatic hydroxyl groups excluding tert-OH is 3. The first-order valence-corrected chi connectivity index (χ1v) is 3.49. The summed E-state index contributed by atoms with van der Waals surface area (Å²) in [6.45, 7) is 7.86. The Balaban J connectivity index is -0.0000000144. The first-order chi connectivity index (χ1) is 4.83. The highest BCUT2D eigenvalue weighted by Gasteiger charge is 1.34. The molecule has 3 N–H and O–H groups in total. The summed E-state index contributed by atoms with van der Waals surface area (Å²) >= 11 is 0. The van der Waals surface area contributed by atoms with Gasteiger partial charge in [0.1, 0.15) is 0 Å². The second-order valence-electron chi connectivity index (χ2n) is 0.632. The summed E-state index contributed by atoms with van der Waals surface area (Å²) in [5, 5.41) is 22.1. The van der Waals surface area contributed by atoms with Crippen LogP contribution in [0, 0.1) is 0 Å². The van der Waals surface area contributed by atoms with Gasteiger partial charge in [0, 0.05) is 20.3 Å². The molecule has 0 amide bonds. The van der Waals surface area contributed by atoms with Crippen molar-refractivity contribution in [2.24, 2.45) is 0 Å². The van der Waals surface area contributed by atoms with Gasteiger partial charge < -0.3 is 15.3 Å². The molecule has 0 fully saturated rings. The fourth-order valence-electron chi connectivity index (χ4n) is 0. The monoisotopic (exact) mass is 170 g/mol. The van der Waals surface area contributed by atoms with Crippen LogP contribution in [0.2, 0.25) is 0 Å². The second-order valence-corrected chi connectivity index (χ2v) is 0.632. The maximum Gasteiger partial charge on any atom is 0.0402 e. The summed E-state index contributed by atoms with van der Waals surface area (Å²) < 4.78 is 0. The Morgan fingerprint density at radius 1 is 0.818 bits per heavy atom. The lowest BCUT2D eigenvalue weighted by Crippen LogP contribution is -1.57. The summed E-state index contributed by atoms with van der Waals surface area (Å²) in [6.07, 6.45) is 0. The van der Waals surface area contributed by atoms with Gasteiger partial charge in [-0.05, 0) is 13.8 Å². The Kier molecular flexibility index (Phi) is 616. The fraction of sp³-hybridized carbons (Fsp3) is 1.00. The van der Waals surface area contributed by atoms with Crippen LogP contribution in [0.1, 0.15) is 35.1 Å². The van der Waals surface area contributed by atoms with Crippen LogP contribution in [0.15, 0.2) is 0 Å². The van der Waals surface area contributed by atoms with Crippen molar-refractivity contribution in [3.8, 4) is 0 Å². The van der Waals surface area contributed by atoms with Crippen LogP contribution in [0.3, 0.4) is 0 Å². The average Bonchev–Trinajstić information content (AvgIpc) is 1.99. The van der Waals surface area contributed by atoms with E-state index in [1.54, 1.807) is 13.8 Å². The van der Waals surface area contributed by atoms with Crippen LogP contribution in [-0.2, 0) is 0 Å². The molecule has 0 radical (unpaired) electrons. The minimum Gasteiger partial charge on any atom is -0.400 e. The number of rotatable bonds is 0. The SMILES string of the molecule is C.CC.CCO.CCO.CO. The van der Waals surface area contributed by atoms with Crippen molar-refractivity contribution in [3.05, 3.63) is 0 Å². The molecular formula is C8H26O3. The molecule has 0 saturated carbocycles. The van der Waals surface area contributed by atoms with E-state index in [2.05, 4.69) is 0 Å². The topological polar surface area (TPSA) is 60.7 Å². The van der Waals surface area contributed by atoms with Gasteiger partial charge in [0.15, 0.2) is 0 Å². The van der Waals surface area contributed by atoms with Crippen molar-refractivity contribution in [2.75, 3.05) is 20.3 Å². The zero-order valence-electron chi connectivity index (χ0n) is 7.76. The van der Waals surface area contributed by atoms with E-state index in [9.17, 15) is 0 Å². The van der Waals surface area contributed by atoms with Crippen molar-refractivity contribution >= 4 is 0 Å². The lowest BCUT2D eigenvalue weighted by Gasteiger charge is -1.52. The van der Waals surface area contributed by atoms with Crippen LogP contribution < -0.4 is 0 Å². The molecule has 0 aliphatic heterocycles. The third kappa shape index (κ3) is 42600. The molecule has 0 heterocycles. The molecule has 0 spiro atoms. The average molecular weight is 170 g/mol. The molecule has 0 unspecified atom stereocenters. The molecule has 76 valence electrons. The normalized spacial score (nSPS) is 4.36. The number of hydrogen-bond acceptors (Lipinski definition) is 3. The highest BCUT2D eigenvalue weighted by atomic mass is 16.3. The molecule has 3 nitrogen and oxygen atoms in total. The predicted octanol–water partition coefficient (Wildman–Crippen LogP) is 1.27. The van der Waals surface area contributed by atoms with Gasteiger partial charge in [-0.1, -0.05) is 21.3 Å². The lowest BCUT2D eigenvalue weighted by atomic mass is 10.9. The molecule has 0 bridgehead atoms. The quantitative estimate of drug-likeness (QED) is 0.513. The summed E-state index contributed by atoms with van der Waals surface area (Å²) in [5.41, 5.74) is 0. The molecule has 0 saturated heterocycles. The molecule has 0 atom stereocenters. The van der Waals surface area contributed by atoms with Crippen LogP contribution in [0.5, 0.6) is 0 Å². The number of hydrogen-bond donors (Lipinski definition) is 3. The van der Waals surface area contributed by atoms with E-state index in [-0.39, 0.29) is 20.6 Å². The highest BCUT2D eigenvalue weighted by Crippen LogP contribution is 1.30. The first-order valence-electron chi connectivity index (χ1n) is 3.49. The van der Waals surface area contributed by atoms with Gasteiger partial charge in [-0.15, -0.1) is 0 Å². The van der Waals surface area contributed by atoms with Gasteiger partial charge in [0.05, 0.1) is 0 Å². The van der Waals surface area contributed by atoms with Crippen molar-refractivity contribution in [2.45, 2.75) is 35.1 Å². The van der Waals surface area contributed by atoms with E-state index in [4.69, 9.17) is 15.3 Å². The van der Waals surface area contributed by atoms with E-state index >= 15 is 0 Å². The second kappa shape index (κ2) is 220.